The van der Waals surface area contributed by atoms with Gasteiger partial charge in [-0.1, -0.05) is 24.4 Å². The lowest BCUT2D eigenvalue weighted by Crippen LogP contribution is -2.37. The lowest BCUT2D eigenvalue weighted by Gasteiger charge is -2.19. The van der Waals surface area contributed by atoms with Crippen molar-refractivity contribution < 1.29 is 28.3 Å². The van der Waals surface area contributed by atoms with Crippen LogP contribution in [0.3, 0.4) is 0 Å². The van der Waals surface area contributed by atoms with Gasteiger partial charge in [0.15, 0.2) is 6.61 Å². The summed E-state index contributed by atoms with van der Waals surface area (Å²) in [7, 11) is 0. The highest BCUT2D eigenvalue weighted by Gasteiger charge is 2.48. The van der Waals surface area contributed by atoms with E-state index >= 15 is 0 Å². The molecular weight excluding hydrogens is 379 g/mol. The smallest absolute Gasteiger partial charge is 0.326 e. The number of carbonyl (C=O) groups is 4. The molecule has 0 spiro atoms. The van der Waals surface area contributed by atoms with Crippen LogP contribution in [0.4, 0.5) is 10.1 Å². The third-order valence-corrected chi connectivity index (χ3v) is 5.08. The normalized spacial score (nSPS) is 21.8. The number of fused-ring (bicyclic) bond motifs is 1. The molecule has 0 aromatic heterocycles. The molecule has 3 amide bonds. The first-order chi connectivity index (χ1) is 12.9. The minimum absolute atomic E-state index is 0.155. The summed E-state index contributed by atoms with van der Waals surface area (Å²) in [5.74, 6) is -3.49. The number of carbonyl (C=O) groups excluding carboxylic acids is 4. The monoisotopic (exact) mass is 396 g/mol. The fourth-order valence-corrected chi connectivity index (χ4v) is 3.66. The van der Waals surface area contributed by atoms with Crippen molar-refractivity contribution in [1.82, 2.24) is 4.90 Å². The molecule has 2 aliphatic rings. The zero-order valence-corrected chi connectivity index (χ0v) is 15.1. The van der Waals surface area contributed by atoms with E-state index in [0.29, 0.717) is 12.8 Å². The van der Waals surface area contributed by atoms with E-state index in [4.69, 9.17) is 16.3 Å². The predicted octanol–water partition coefficient (Wildman–Crippen LogP) is 2.14. The number of halogens is 2. The van der Waals surface area contributed by atoms with Crippen LogP contribution in [0.15, 0.2) is 18.2 Å². The van der Waals surface area contributed by atoms with Crippen molar-refractivity contribution in [2.45, 2.75) is 25.7 Å². The van der Waals surface area contributed by atoms with E-state index in [1.165, 1.54) is 12.1 Å². The molecule has 1 heterocycles. The largest absolute Gasteiger partial charge is 0.454 e. The molecule has 9 heteroatoms. The first kappa shape index (κ1) is 19.3. The highest BCUT2D eigenvalue weighted by Crippen LogP contribution is 2.37. The number of nitrogens with one attached hydrogen (secondary N) is 1. The predicted molar refractivity (Wildman–Crippen MR) is 93.2 cm³/mol. The molecule has 1 aromatic carbocycles. The summed E-state index contributed by atoms with van der Waals surface area (Å²) < 4.78 is 17.9. The number of hydrogen-bond donors (Lipinski definition) is 1. The second kappa shape index (κ2) is 8.04. The Balaban J connectivity index is 1.49. The average molecular weight is 397 g/mol. The van der Waals surface area contributed by atoms with Crippen molar-refractivity contribution in [2.24, 2.45) is 11.8 Å². The minimum Gasteiger partial charge on any atom is -0.454 e. The second-order valence-corrected chi connectivity index (χ2v) is 7.01. The Bertz CT molecular complexity index is 776. The molecule has 1 aliphatic carbocycles. The summed E-state index contributed by atoms with van der Waals surface area (Å²) in [6.45, 7) is -1.10. The molecular formula is C18H18ClFN2O5. The van der Waals surface area contributed by atoms with E-state index in [9.17, 15) is 23.6 Å². The fraction of sp³-hybridized carbons (Fsp3) is 0.444. The van der Waals surface area contributed by atoms with E-state index in [1.54, 1.807) is 0 Å². The van der Waals surface area contributed by atoms with Crippen molar-refractivity contribution >= 4 is 41.0 Å². The maximum Gasteiger partial charge on any atom is 0.326 e. The Morgan fingerprint density at radius 1 is 1.19 bits per heavy atom. The number of amides is 3. The Labute approximate surface area is 159 Å². The number of benzene rings is 1. The molecule has 7 nitrogen and oxygen atoms in total. The van der Waals surface area contributed by atoms with Crippen LogP contribution in [-0.4, -0.2) is 41.7 Å². The van der Waals surface area contributed by atoms with Crippen molar-refractivity contribution in [2.75, 3.05) is 18.5 Å². The Hall–Kier alpha value is -2.48. The molecule has 0 bridgehead atoms. The number of likely N-dealkylation sites (tertiary alicyclic amines) is 1. The zero-order chi connectivity index (χ0) is 19.6. The van der Waals surface area contributed by atoms with Crippen molar-refractivity contribution in [3.05, 3.63) is 29.0 Å². The molecule has 1 saturated heterocycles. The molecule has 1 saturated carbocycles. The zero-order valence-electron chi connectivity index (χ0n) is 14.4. The van der Waals surface area contributed by atoms with Crippen LogP contribution in [0.2, 0.25) is 5.02 Å². The van der Waals surface area contributed by atoms with Gasteiger partial charge in [-0.2, -0.15) is 0 Å². The molecule has 1 N–H and O–H groups in total. The van der Waals surface area contributed by atoms with E-state index in [-0.39, 0.29) is 34.4 Å². The molecule has 3 rings (SSSR count). The van der Waals surface area contributed by atoms with Gasteiger partial charge in [0.2, 0.25) is 11.8 Å². The first-order valence-electron chi connectivity index (χ1n) is 8.62. The summed E-state index contributed by atoms with van der Waals surface area (Å²) in [4.78, 5) is 49.3. The van der Waals surface area contributed by atoms with E-state index < -0.39 is 30.8 Å². The highest BCUT2D eigenvalue weighted by molar-refractivity contribution is 6.31. The average Bonchev–Trinajstić information content (AvgIpc) is 2.88. The number of nitrogens with zero attached hydrogens (tertiary/aromatic N) is 1. The topological polar surface area (TPSA) is 92.8 Å². The van der Waals surface area contributed by atoms with Crippen LogP contribution in [0.1, 0.15) is 25.7 Å². The standard InChI is InChI=1S/C18H18ClFN2O5/c19-13-7-10(5-6-14(13)20)21-15(23)9-27-16(24)8-22-17(25)11-3-1-2-4-12(11)18(22)26/h5-7,11-12H,1-4,8-9H2,(H,21,23)/t11-,12-/m1/s1. The molecule has 27 heavy (non-hydrogen) atoms. The van der Waals surface area contributed by atoms with Crippen molar-refractivity contribution in [3.8, 4) is 0 Å². The lowest BCUT2D eigenvalue weighted by molar-refractivity contribution is -0.154. The number of rotatable bonds is 5. The van der Waals surface area contributed by atoms with E-state index in [0.717, 1.165) is 23.8 Å². The minimum atomic E-state index is -0.845. The molecule has 1 aromatic rings. The molecule has 0 radical (unpaired) electrons. The van der Waals surface area contributed by atoms with Gasteiger partial charge >= 0.3 is 5.97 Å². The van der Waals surface area contributed by atoms with Crippen LogP contribution in [-0.2, 0) is 23.9 Å². The number of esters is 1. The van der Waals surface area contributed by atoms with E-state index in [1.807, 2.05) is 0 Å². The second-order valence-electron chi connectivity index (χ2n) is 6.60. The Morgan fingerprint density at radius 3 is 2.41 bits per heavy atom. The van der Waals surface area contributed by atoms with Gasteiger partial charge in [-0.05, 0) is 31.0 Å². The Morgan fingerprint density at radius 2 is 1.81 bits per heavy atom. The van der Waals surface area contributed by atoms with Crippen LogP contribution in [0.25, 0.3) is 0 Å². The summed E-state index contributed by atoms with van der Waals surface area (Å²) in [6.07, 6.45) is 3.10. The third kappa shape index (κ3) is 4.27. The van der Waals surface area contributed by atoms with Crippen molar-refractivity contribution in [3.63, 3.8) is 0 Å². The van der Waals surface area contributed by atoms with Gasteiger partial charge in [-0.25, -0.2) is 4.39 Å². The van der Waals surface area contributed by atoms with Crippen LogP contribution in [0.5, 0.6) is 0 Å². The number of imide groups is 1. The summed E-state index contributed by atoms with van der Waals surface area (Å²) in [6, 6.07) is 3.62. The van der Waals surface area contributed by atoms with Crippen LogP contribution < -0.4 is 5.32 Å². The summed E-state index contributed by atoms with van der Waals surface area (Å²) >= 11 is 5.62. The number of ether oxygens (including phenoxy) is 1. The van der Waals surface area contributed by atoms with Gasteiger partial charge in [0, 0.05) is 5.69 Å². The van der Waals surface area contributed by atoms with Gasteiger partial charge in [0.1, 0.15) is 12.4 Å². The summed E-state index contributed by atoms with van der Waals surface area (Å²) in [5.41, 5.74) is 0.247. The van der Waals surface area contributed by atoms with E-state index in [2.05, 4.69) is 5.32 Å². The van der Waals surface area contributed by atoms with Gasteiger partial charge < -0.3 is 10.1 Å². The maximum absolute atomic E-state index is 13.1. The number of hydrogen-bond acceptors (Lipinski definition) is 5. The van der Waals surface area contributed by atoms with Crippen LogP contribution >= 0.6 is 11.6 Å². The van der Waals surface area contributed by atoms with Gasteiger partial charge in [-0.15, -0.1) is 0 Å². The summed E-state index contributed by atoms with van der Waals surface area (Å²) in [5, 5.41) is 2.25. The lowest BCUT2D eigenvalue weighted by atomic mass is 9.81. The maximum atomic E-state index is 13.1. The highest BCUT2D eigenvalue weighted by atomic mass is 35.5. The molecule has 144 valence electrons. The van der Waals surface area contributed by atoms with Crippen molar-refractivity contribution in [1.29, 1.82) is 0 Å². The quantitative estimate of drug-likeness (QED) is 0.608. The molecule has 0 unspecified atom stereocenters. The van der Waals surface area contributed by atoms with Crippen LogP contribution in [0, 0.1) is 17.7 Å². The Kier molecular flexibility index (Phi) is 5.74. The SMILES string of the molecule is O=C(COC(=O)CN1C(=O)[C@@H]2CCCC[C@H]2C1=O)Nc1ccc(F)c(Cl)c1. The fourth-order valence-electron chi connectivity index (χ4n) is 3.48. The number of anilines is 1. The van der Waals surface area contributed by atoms with Gasteiger partial charge in [0.25, 0.3) is 5.91 Å². The molecule has 2 fully saturated rings. The molecule has 2 atom stereocenters. The molecule has 1 aliphatic heterocycles. The third-order valence-electron chi connectivity index (χ3n) is 4.79. The van der Waals surface area contributed by atoms with Gasteiger partial charge in [0.05, 0.1) is 16.9 Å². The van der Waals surface area contributed by atoms with Gasteiger partial charge in [-0.3, -0.25) is 24.1 Å². The first-order valence-corrected chi connectivity index (χ1v) is 9.00.